The van der Waals surface area contributed by atoms with Crippen molar-refractivity contribution in [1.29, 1.82) is 0 Å². The van der Waals surface area contributed by atoms with Crippen molar-refractivity contribution in [2.45, 2.75) is 37.1 Å². The van der Waals surface area contributed by atoms with E-state index >= 15 is 0 Å². The molecule has 3 aromatic carbocycles. The van der Waals surface area contributed by atoms with Gasteiger partial charge in [0.1, 0.15) is 18.0 Å². The molecular formula is C30H30N2O5. The number of carbonyl (C=O) groups excluding carboxylic acids is 2. The van der Waals surface area contributed by atoms with Crippen LogP contribution in [0.5, 0.6) is 5.75 Å². The first-order valence-corrected chi connectivity index (χ1v) is 12.5. The molecule has 1 aliphatic heterocycles. The number of nitrogens with one attached hydrogen (secondary N) is 1. The Balaban J connectivity index is 1.54. The molecule has 0 spiro atoms. The lowest BCUT2D eigenvalue weighted by molar-refractivity contribution is -0.137. The largest absolute Gasteiger partial charge is 0.486 e. The van der Waals surface area contributed by atoms with Crippen LogP contribution in [0.3, 0.4) is 0 Å². The fourth-order valence-corrected chi connectivity index (χ4v) is 5.20. The fourth-order valence-electron chi connectivity index (χ4n) is 5.20. The zero-order valence-electron chi connectivity index (χ0n) is 20.4. The van der Waals surface area contributed by atoms with Crippen LogP contribution in [0.15, 0.2) is 96.6 Å². The van der Waals surface area contributed by atoms with Gasteiger partial charge in [-0.05, 0) is 23.3 Å². The van der Waals surface area contributed by atoms with Gasteiger partial charge < -0.3 is 25.2 Å². The summed E-state index contributed by atoms with van der Waals surface area (Å²) >= 11 is 0. The number of nitrogens with zero attached hydrogens (tertiary/aromatic N) is 1. The molecule has 37 heavy (non-hydrogen) atoms. The molecule has 2 aliphatic rings. The van der Waals surface area contributed by atoms with Crippen molar-refractivity contribution < 1.29 is 24.5 Å². The topological polar surface area (TPSA) is 99.1 Å². The van der Waals surface area contributed by atoms with E-state index in [2.05, 4.69) is 5.32 Å². The van der Waals surface area contributed by atoms with Crippen LogP contribution in [0.2, 0.25) is 0 Å². The quantitative estimate of drug-likeness (QED) is 0.444. The van der Waals surface area contributed by atoms with E-state index < -0.39 is 24.2 Å². The maximum atomic E-state index is 13.7. The SMILES string of the molecule is O=C(NCCO)C1=CC(N(Cc2ccccc2)C(=O)Cc2ccccc2)C(O)C2Oc3ccccc3C12. The third-order valence-corrected chi connectivity index (χ3v) is 6.95. The standard InChI is InChI=1S/C30H30N2O5/c33-16-15-31-30(36)23-18-24(28(35)29-27(23)22-13-7-8-14-25(22)37-29)32(19-21-11-5-2-6-12-21)26(34)17-20-9-3-1-4-10-20/h1-14,18,24,27-29,33,35H,15-17,19H2,(H,31,36). The third-order valence-electron chi connectivity index (χ3n) is 6.95. The van der Waals surface area contributed by atoms with E-state index in [1.807, 2.05) is 84.9 Å². The number of ether oxygens (including phenoxy) is 1. The van der Waals surface area contributed by atoms with Crippen LogP contribution >= 0.6 is 0 Å². The molecule has 190 valence electrons. The van der Waals surface area contributed by atoms with Crippen molar-refractivity contribution >= 4 is 11.8 Å². The third kappa shape index (κ3) is 5.14. The summed E-state index contributed by atoms with van der Waals surface area (Å²) in [4.78, 5) is 28.6. The van der Waals surface area contributed by atoms with Crippen LogP contribution in [0.4, 0.5) is 0 Å². The van der Waals surface area contributed by atoms with Gasteiger partial charge in [0.15, 0.2) is 0 Å². The Morgan fingerprint density at radius 3 is 2.24 bits per heavy atom. The van der Waals surface area contributed by atoms with Crippen molar-refractivity contribution in [2.24, 2.45) is 0 Å². The zero-order valence-corrected chi connectivity index (χ0v) is 20.4. The number of benzene rings is 3. The summed E-state index contributed by atoms with van der Waals surface area (Å²) in [7, 11) is 0. The van der Waals surface area contributed by atoms with Crippen LogP contribution in [0.1, 0.15) is 22.6 Å². The number of amides is 2. The van der Waals surface area contributed by atoms with Gasteiger partial charge in [-0.25, -0.2) is 0 Å². The molecule has 4 atom stereocenters. The number of aliphatic hydroxyl groups excluding tert-OH is 2. The Hall–Kier alpha value is -3.94. The van der Waals surface area contributed by atoms with E-state index in [9.17, 15) is 19.8 Å². The van der Waals surface area contributed by atoms with E-state index in [1.54, 1.807) is 11.0 Å². The Labute approximate surface area is 216 Å². The first-order chi connectivity index (χ1) is 18.1. The van der Waals surface area contributed by atoms with Crippen LogP contribution in [-0.4, -0.2) is 58.3 Å². The first kappa shape index (κ1) is 24.7. The number of carbonyl (C=O) groups is 2. The molecule has 2 amide bonds. The summed E-state index contributed by atoms with van der Waals surface area (Å²) in [5, 5.41) is 23.6. The Kier molecular flexibility index (Phi) is 7.35. The Bertz CT molecular complexity index is 1280. The second-order valence-corrected chi connectivity index (χ2v) is 9.35. The molecule has 0 fully saturated rings. The number of hydrogen-bond donors (Lipinski definition) is 3. The summed E-state index contributed by atoms with van der Waals surface area (Å²) < 4.78 is 6.18. The van der Waals surface area contributed by atoms with E-state index in [0.717, 1.165) is 16.7 Å². The number of para-hydroxylation sites is 1. The maximum Gasteiger partial charge on any atom is 0.247 e. The molecule has 3 aromatic rings. The average molecular weight is 499 g/mol. The highest BCUT2D eigenvalue weighted by Crippen LogP contribution is 2.47. The summed E-state index contributed by atoms with van der Waals surface area (Å²) in [6, 6.07) is 25.7. The number of fused-ring (bicyclic) bond motifs is 3. The summed E-state index contributed by atoms with van der Waals surface area (Å²) in [6.45, 7) is 0.173. The fraction of sp³-hybridized carbons (Fsp3) is 0.267. The number of rotatable bonds is 8. The molecular weight excluding hydrogens is 468 g/mol. The van der Waals surface area contributed by atoms with Crippen molar-refractivity contribution in [3.8, 4) is 5.75 Å². The van der Waals surface area contributed by atoms with Gasteiger partial charge in [-0.2, -0.15) is 0 Å². The minimum atomic E-state index is -1.06. The maximum absolute atomic E-state index is 13.7. The van der Waals surface area contributed by atoms with Gasteiger partial charge in [0.2, 0.25) is 11.8 Å². The van der Waals surface area contributed by atoms with Crippen LogP contribution in [0.25, 0.3) is 0 Å². The highest BCUT2D eigenvalue weighted by molar-refractivity contribution is 5.96. The molecule has 5 rings (SSSR count). The van der Waals surface area contributed by atoms with Gasteiger partial charge in [0, 0.05) is 24.2 Å². The second-order valence-electron chi connectivity index (χ2n) is 9.35. The molecule has 0 saturated carbocycles. The van der Waals surface area contributed by atoms with Crippen molar-refractivity contribution in [3.63, 3.8) is 0 Å². The van der Waals surface area contributed by atoms with Gasteiger partial charge in [0.25, 0.3) is 0 Å². The van der Waals surface area contributed by atoms with E-state index in [-0.39, 0.29) is 37.9 Å². The van der Waals surface area contributed by atoms with Gasteiger partial charge in [-0.1, -0.05) is 78.9 Å². The van der Waals surface area contributed by atoms with Gasteiger partial charge >= 0.3 is 0 Å². The molecule has 0 radical (unpaired) electrons. The lowest BCUT2D eigenvalue weighted by Crippen LogP contribution is -2.55. The minimum absolute atomic E-state index is 0.101. The minimum Gasteiger partial charge on any atom is -0.486 e. The molecule has 7 heteroatoms. The number of aliphatic hydroxyl groups is 2. The predicted molar refractivity (Wildman–Crippen MR) is 139 cm³/mol. The van der Waals surface area contributed by atoms with Crippen molar-refractivity contribution in [2.75, 3.05) is 13.2 Å². The molecule has 0 bridgehead atoms. The summed E-state index contributed by atoms with van der Waals surface area (Å²) in [6.07, 6.45) is 0.0715. The molecule has 1 aliphatic carbocycles. The van der Waals surface area contributed by atoms with E-state index in [4.69, 9.17) is 4.74 Å². The highest BCUT2D eigenvalue weighted by Gasteiger charge is 2.50. The smallest absolute Gasteiger partial charge is 0.247 e. The first-order valence-electron chi connectivity index (χ1n) is 12.5. The molecule has 7 nitrogen and oxygen atoms in total. The zero-order chi connectivity index (χ0) is 25.8. The Morgan fingerprint density at radius 2 is 1.54 bits per heavy atom. The van der Waals surface area contributed by atoms with Gasteiger partial charge in [0.05, 0.1) is 25.0 Å². The highest BCUT2D eigenvalue weighted by atomic mass is 16.5. The second kappa shape index (κ2) is 11.0. The molecule has 0 aromatic heterocycles. The van der Waals surface area contributed by atoms with Gasteiger partial charge in [-0.3, -0.25) is 9.59 Å². The summed E-state index contributed by atoms with van der Waals surface area (Å²) in [5.74, 6) is -0.386. The molecule has 0 saturated heterocycles. The van der Waals surface area contributed by atoms with Gasteiger partial charge in [-0.15, -0.1) is 0 Å². The van der Waals surface area contributed by atoms with Crippen LogP contribution in [0, 0.1) is 0 Å². The average Bonchev–Trinajstić information content (AvgIpc) is 3.32. The summed E-state index contributed by atoms with van der Waals surface area (Å²) in [5.41, 5.74) is 3.02. The monoisotopic (exact) mass is 498 g/mol. The van der Waals surface area contributed by atoms with Crippen molar-refractivity contribution in [1.82, 2.24) is 10.2 Å². The van der Waals surface area contributed by atoms with E-state index in [1.165, 1.54) is 0 Å². The lowest BCUT2D eigenvalue weighted by Gasteiger charge is -2.41. The van der Waals surface area contributed by atoms with Crippen molar-refractivity contribution in [3.05, 3.63) is 113 Å². The Morgan fingerprint density at radius 1 is 0.892 bits per heavy atom. The normalized spacial score (nSPS) is 21.7. The predicted octanol–water partition coefficient (Wildman–Crippen LogP) is 2.58. The molecule has 1 heterocycles. The van der Waals surface area contributed by atoms with Crippen LogP contribution < -0.4 is 10.1 Å². The lowest BCUT2D eigenvalue weighted by atomic mass is 9.77. The molecule has 4 unspecified atom stereocenters. The number of hydrogen-bond acceptors (Lipinski definition) is 5. The van der Waals surface area contributed by atoms with Crippen LogP contribution in [-0.2, 0) is 22.6 Å². The molecule has 3 N–H and O–H groups in total. The van der Waals surface area contributed by atoms with E-state index in [0.29, 0.717) is 11.3 Å².